The van der Waals surface area contributed by atoms with E-state index >= 15 is 0 Å². The highest BCUT2D eigenvalue weighted by Gasteiger charge is 2.19. The molecule has 28 heavy (non-hydrogen) atoms. The second kappa shape index (κ2) is 9.61. The molecule has 1 aliphatic heterocycles. The van der Waals surface area contributed by atoms with Gasteiger partial charge < -0.3 is 10.1 Å². The van der Waals surface area contributed by atoms with Crippen LogP contribution in [0.5, 0.6) is 5.75 Å². The van der Waals surface area contributed by atoms with Crippen LogP contribution in [0.4, 0.5) is 14.5 Å². The molecule has 1 aliphatic rings. The standard InChI is InChI=1S/C21H25F2N3O2/c1-16-3-2-4-17(13-16)14-25-9-11-26(12-10-25)15-20(27)24-18-5-7-19(8-6-18)28-21(22)23/h2-8,13,21H,9-12,14-15H2,1H3,(H,24,27). The van der Waals surface area contributed by atoms with Crippen LogP contribution in [0.15, 0.2) is 48.5 Å². The number of benzene rings is 2. The molecule has 0 aromatic heterocycles. The predicted molar refractivity (Wildman–Crippen MR) is 105 cm³/mol. The Morgan fingerprint density at radius 1 is 1.07 bits per heavy atom. The molecule has 0 radical (unpaired) electrons. The summed E-state index contributed by atoms with van der Waals surface area (Å²) in [5.74, 6) is -0.0487. The van der Waals surface area contributed by atoms with E-state index in [9.17, 15) is 13.6 Å². The van der Waals surface area contributed by atoms with Gasteiger partial charge in [0.05, 0.1) is 6.54 Å². The van der Waals surface area contributed by atoms with Crippen LogP contribution in [0.3, 0.4) is 0 Å². The molecule has 2 aromatic rings. The molecule has 2 aromatic carbocycles. The molecule has 0 spiro atoms. The lowest BCUT2D eigenvalue weighted by Gasteiger charge is -2.34. The summed E-state index contributed by atoms with van der Waals surface area (Å²) in [6.07, 6.45) is 0. The third-order valence-corrected chi connectivity index (χ3v) is 4.68. The van der Waals surface area contributed by atoms with Crippen molar-refractivity contribution in [2.24, 2.45) is 0 Å². The number of nitrogens with zero attached hydrogens (tertiary/aromatic N) is 2. The maximum Gasteiger partial charge on any atom is 0.387 e. The molecule has 0 atom stereocenters. The fourth-order valence-corrected chi connectivity index (χ4v) is 3.30. The first-order chi connectivity index (χ1) is 13.5. The smallest absolute Gasteiger partial charge is 0.387 e. The Labute approximate surface area is 163 Å². The van der Waals surface area contributed by atoms with E-state index < -0.39 is 6.61 Å². The van der Waals surface area contributed by atoms with Gasteiger partial charge in [0, 0.05) is 38.4 Å². The number of piperazine rings is 1. The number of carbonyl (C=O) groups excluding carboxylic acids is 1. The fraction of sp³-hybridized carbons (Fsp3) is 0.381. The average Bonchev–Trinajstić information content (AvgIpc) is 2.64. The van der Waals surface area contributed by atoms with E-state index in [4.69, 9.17) is 0 Å². The Morgan fingerprint density at radius 2 is 1.75 bits per heavy atom. The molecule has 0 saturated carbocycles. The van der Waals surface area contributed by atoms with Crippen molar-refractivity contribution in [2.45, 2.75) is 20.1 Å². The van der Waals surface area contributed by atoms with Crippen LogP contribution in [-0.2, 0) is 11.3 Å². The van der Waals surface area contributed by atoms with Gasteiger partial charge in [-0.15, -0.1) is 0 Å². The minimum absolute atomic E-state index is 0.0673. The van der Waals surface area contributed by atoms with Crippen molar-refractivity contribution in [1.29, 1.82) is 0 Å². The van der Waals surface area contributed by atoms with Gasteiger partial charge in [-0.3, -0.25) is 14.6 Å². The molecule has 1 N–H and O–H groups in total. The van der Waals surface area contributed by atoms with Crippen molar-refractivity contribution in [3.05, 3.63) is 59.7 Å². The topological polar surface area (TPSA) is 44.8 Å². The number of aryl methyl sites for hydroxylation is 1. The summed E-state index contributed by atoms with van der Waals surface area (Å²) in [7, 11) is 0. The number of hydrogen-bond donors (Lipinski definition) is 1. The quantitative estimate of drug-likeness (QED) is 0.789. The van der Waals surface area contributed by atoms with Gasteiger partial charge in [0.25, 0.3) is 0 Å². The summed E-state index contributed by atoms with van der Waals surface area (Å²) in [4.78, 5) is 16.8. The SMILES string of the molecule is Cc1cccc(CN2CCN(CC(=O)Nc3ccc(OC(F)F)cc3)CC2)c1. The van der Waals surface area contributed by atoms with Gasteiger partial charge in [-0.1, -0.05) is 29.8 Å². The Hall–Kier alpha value is -2.51. The van der Waals surface area contributed by atoms with Crippen molar-refractivity contribution >= 4 is 11.6 Å². The van der Waals surface area contributed by atoms with Crippen molar-refractivity contribution < 1.29 is 18.3 Å². The zero-order valence-corrected chi connectivity index (χ0v) is 15.9. The van der Waals surface area contributed by atoms with E-state index in [1.807, 2.05) is 0 Å². The number of carbonyl (C=O) groups is 1. The van der Waals surface area contributed by atoms with Crippen LogP contribution in [0.2, 0.25) is 0 Å². The van der Waals surface area contributed by atoms with E-state index in [-0.39, 0.29) is 11.7 Å². The molecule has 1 heterocycles. The maximum absolute atomic E-state index is 12.2. The van der Waals surface area contributed by atoms with E-state index in [1.165, 1.54) is 23.3 Å². The number of nitrogens with one attached hydrogen (secondary N) is 1. The number of amides is 1. The van der Waals surface area contributed by atoms with Crippen molar-refractivity contribution in [3.63, 3.8) is 0 Å². The summed E-state index contributed by atoms with van der Waals surface area (Å²) in [5.41, 5.74) is 3.14. The third kappa shape index (κ3) is 6.28. The number of halogens is 2. The minimum Gasteiger partial charge on any atom is -0.435 e. The zero-order valence-electron chi connectivity index (χ0n) is 15.9. The number of hydrogen-bond acceptors (Lipinski definition) is 4. The van der Waals surface area contributed by atoms with E-state index in [0.29, 0.717) is 12.2 Å². The minimum atomic E-state index is -2.86. The molecule has 1 saturated heterocycles. The van der Waals surface area contributed by atoms with Gasteiger partial charge in [-0.25, -0.2) is 0 Å². The number of ether oxygens (including phenoxy) is 1. The highest BCUT2D eigenvalue weighted by Crippen LogP contribution is 2.18. The molecule has 5 nitrogen and oxygen atoms in total. The molecule has 7 heteroatoms. The fourth-order valence-electron chi connectivity index (χ4n) is 3.30. The zero-order chi connectivity index (χ0) is 19.9. The van der Waals surface area contributed by atoms with Gasteiger partial charge in [0.15, 0.2) is 0 Å². The first-order valence-electron chi connectivity index (χ1n) is 9.33. The molecule has 0 unspecified atom stereocenters. The third-order valence-electron chi connectivity index (χ3n) is 4.68. The van der Waals surface area contributed by atoms with Crippen molar-refractivity contribution in [2.75, 3.05) is 38.0 Å². The van der Waals surface area contributed by atoms with Crippen LogP contribution in [0.1, 0.15) is 11.1 Å². The number of rotatable bonds is 7. The first-order valence-corrected chi connectivity index (χ1v) is 9.33. The van der Waals surface area contributed by atoms with E-state index in [2.05, 4.69) is 51.0 Å². The van der Waals surface area contributed by atoms with Gasteiger partial charge in [-0.2, -0.15) is 8.78 Å². The van der Waals surface area contributed by atoms with Crippen LogP contribution < -0.4 is 10.1 Å². The molecule has 0 aliphatic carbocycles. The van der Waals surface area contributed by atoms with Gasteiger partial charge in [0.1, 0.15) is 5.75 Å². The Balaban J connectivity index is 1.41. The average molecular weight is 389 g/mol. The van der Waals surface area contributed by atoms with Crippen molar-refractivity contribution in [1.82, 2.24) is 9.80 Å². The number of anilines is 1. The lowest BCUT2D eigenvalue weighted by Crippen LogP contribution is -2.48. The van der Waals surface area contributed by atoms with Crippen LogP contribution in [-0.4, -0.2) is 55.0 Å². The first kappa shape index (κ1) is 20.2. The molecule has 0 bridgehead atoms. The normalized spacial score (nSPS) is 15.6. The summed E-state index contributed by atoms with van der Waals surface area (Å²) in [6, 6.07) is 14.4. The molecule has 150 valence electrons. The second-order valence-corrected chi connectivity index (χ2v) is 6.99. The summed E-state index contributed by atoms with van der Waals surface area (Å²) in [6.45, 7) is 3.98. The lowest BCUT2D eigenvalue weighted by molar-refractivity contribution is -0.117. The molecular weight excluding hydrogens is 364 g/mol. The number of alkyl halides is 2. The van der Waals surface area contributed by atoms with E-state index in [1.54, 1.807) is 12.1 Å². The Morgan fingerprint density at radius 3 is 2.39 bits per heavy atom. The summed E-state index contributed by atoms with van der Waals surface area (Å²) >= 11 is 0. The van der Waals surface area contributed by atoms with Crippen LogP contribution >= 0.6 is 0 Å². The molecule has 3 rings (SSSR count). The van der Waals surface area contributed by atoms with Gasteiger partial charge >= 0.3 is 6.61 Å². The summed E-state index contributed by atoms with van der Waals surface area (Å²) < 4.78 is 28.6. The molecular formula is C21H25F2N3O2. The van der Waals surface area contributed by atoms with Crippen LogP contribution in [0.25, 0.3) is 0 Å². The van der Waals surface area contributed by atoms with Crippen LogP contribution in [0, 0.1) is 6.92 Å². The highest BCUT2D eigenvalue weighted by molar-refractivity contribution is 5.92. The maximum atomic E-state index is 12.2. The lowest BCUT2D eigenvalue weighted by atomic mass is 10.1. The Bertz CT molecular complexity index is 775. The largest absolute Gasteiger partial charge is 0.435 e. The van der Waals surface area contributed by atoms with Gasteiger partial charge in [-0.05, 0) is 36.8 Å². The Kier molecular flexibility index (Phi) is 6.95. The molecule has 1 amide bonds. The summed E-state index contributed by atoms with van der Waals surface area (Å²) in [5, 5.41) is 2.79. The second-order valence-electron chi connectivity index (χ2n) is 6.99. The molecule has 1 fully saturated rings. The van der Waals surface area contributed by atoms with Gasteiger partial charge in [0.2, 0.25) is 5.91 Å². The predicted octanol–water partition coefficient (Wildman–Crippen LogP) is 3.35. The monoisotopic (exact) mass is 389 g/mol. The van der Waals surface area contributed by atoms with Crippen molar-refractivity contribution in [3.8, 4) is 5.75 Å². The highest BCUT2D eigenvalue weighted by atomic mass is 19.3. The van der Waals surface area contributed by atoms with E-state index in [0.717, 1.165) is 32.7 Å².